The van der Waals surface area contributed by atoms with Crippen molar-refractivity contribution in [1.82, 2.24) is 24.2 Å². The van der Waals surface area contributed by atoms with E-state index < -0.39 is 63.8 Å². The van der Waals surface area contributed by atoms with Crippen LogP contribution in [0.4, 0.5) is 23.2 Å². The number of benzene rings is 3. The normalized spacial score (nSPS) is 13.5. The number of nitrogens with zero attached hydrogens (tertiary/aromatic N) is 6. The Morgan fingerprint density at radius 3 is 2.10 bits per heavy atom. The Labute approximate surface area is 276 Å². The molecule has 1 N–H and O–H groups in total. The highest BCUT2D eigenvalue weighted by atomic mass is 19.1. The van der Waals surface area contributed by atoms with Crippen molar-refractivity contribution < 1.29 is 32.3 Å². The van der Waals surface area contributed by atoms with Gasteiger partial charge in [0.25, 0.3) is 11.5 Å². The third-order valence-corrected chi connectivity index (χ3v) is 8.12. The van der Waals surface area contributed by atoms with Crippen LogP contribution in [0.1, 0.15) is 22.3 Å². The molecule has 0 aliphatic carbocycles. The van der Waals surface area contributed by atoms with Crippen LogP contribution in [0.15, 0.2) is 96.5 Å². The summed E-state index contributed by atoms with van der Waals surface area (Å²) >= 11 is 0. The minimum Gasteiger partial charge on any atom is -0.507 e. The lowest BCUT2D eigenvalue weighted by Crippen LogP contribution is -2.50. The Balaban J connectivity index is 1.20. The van der Waals surface area contributed by atoms with Gasteiger partial charge in [-0.1, -0.05) is 12.1 Å². The van der Waals surface area contributed by atoms with Crippen molar-refractivity contribution in [3.8, 4) is 5.69 Å². The summed E-state index contributed by atoms with van der Waals surface area (Å²) in [6, 6.07) is 15.0. The van der Waals surface area contributed by atoms with Crippen LogP contribution < -0.4 is 10.5 Å². The SMILES string of the molecule is O=C(C=C(O)c1cc(Cc2c(F)cc(F)cc2F)cn(Cc2ccc(F)cc2)c1=O)C(=O)N1CCN(c2ccc(-n3cncn3)cc2)CC1. The van der Waals surface area contributed by atoms with Crippen LogP contribution in [0.25, 0.3) is 11.4 Å². The van der Waals surface area contributed by atoms with Crippen LogP contribution in [0.5, 0.6) is 0 Å². The molecule has 1 fully saturated rings. The second-order valence-electron chi connectivity index (χ2n) is 11.4. The van der Waals surface area contributed by atoms with E-state index >= 15 is 0 Å². The minimum absolute atomic E-state index is 0.123. The maximum absolute atomic E-state index is 14.5. The van der Waals surface area contributed by atoms with Gasteiger partial charge in [0.15, 0.2) is 0 Å². The van der Waals surface area contributed by atoms with Gasteiger partial charge in [0.1, 0.15) is 41.7 Å². The summed E-state index contributed by atoms with van der Waals surface area (Å²) in [5.41, 5.74) is 0.677. The molecule has 3 heterocycles. The number of carbonyl (C=O) groups excluding carboxylic acids is 2. The van der Waals surface area contributed by atoms with Crippen LogP contribution in [-0.4, -0.2) is 67.2 Å². The molecule has 1 amide bonds. The van der Waals surface area contributed by atoms with Gasteiger partial charge < -0.3 is 19.5 Å². The molecular formula is C35H28F4N6O4. The second-order valence-corrected chi connectivity index (χ2v) is 11.4. The molecule has 0 radical (unpaired) electrons. The lowest BCUT2D eigenvalue weighted by atomic mass is 10.0. The number of rotatable bonds is 9. The van der Waals surface area contributed by atoms with Crippen molar-refractivity contribution in [3.05, 3.63) is 148 Å². The molecule has 3 aromatic carbocycles. The number of anilines is 1. The molecule has 1 aliphatic heterocycles. The van der Waals surface area contributed by atoms with Gasteiger partial charge in [0.2, 0.25) is 5.78 Å². The summed E-state index contributed by atoms with van der Waals surface area (Å²) in [6.45, 7) is 1.19. The largest absolute Gasteiger partial charge is 0.507 e. The molecule has 0 unspecified atom stereocenters. The van der Waals surface area contributed by atoms with Gasteiger partial charge in [-0.2, -0.15) is 5.10 Å². The summed E-state index contributed by atoms with van der Waals surface area (Å²) < 4.78 is 58.8. The van der Waals surface area contributed by atoms with Crippen LogP contribution in [0.3, 0.4) is 0 Å². The highest BCUT2D eigenvalue weighted by molar-refractivity contribution is 6.41. The summed E-state index contributed by atoms with van der Waals surface area (Å²) in [5, 5.41) is 15.1. The molecule has 1 saturated heterocycles. The topological polar surface area (TPSA) is 114 Å². The predicted molar refractivity (Wildman–Crippen MR) is 171 cm³/mol. The van der Waals surface area contributed by atoms with E-state index in [1.165, 1.54) is 41.7 Å². The molecule has 5 aromatic rings. The minimum atomic E-state index is -1.15. The third kappa shape index (κ3) is 7.43. The van der Waals surface area contributed by atoms with Crippen LogP contribution in [0, 0.1) is 23.3 Å². The van der Waals surface area contributed by atoms with Gasteiger partial charge in [-0.25, -0.2) is 27.2 Å². The molecule has 0 bridgehead atoms. The van der Waals surface area contributed by atoms with Crippen molar-refractivity contribution in [3.63, 3.8) is 0 Å². The Bertz CT molecular complexity index is 2070. The lowest BCUT2D eigenvalue weighted by Gasteiger charge is -2.35. The van der Waals surface area contributed by atoms with E-state index in [4.69, 9.17) is 0 Å². The Morgan fingerprint density at radius 1 is 0.816 bits per heavy atom. The number of piperazine rings is 1. The maximum Gasteiger partial charge on any atom is 0.294 e. The Morgan fingerprint density at radius 2 is 1.47 bits per heavy atom. The van der Waals surface area contributed by atoms with Gasteiger partial charge >= 0.3 is 0 Å². The zero-order valence-corrected chi connectivity index (χ0v) is 25.8. The monoisotopic (exact) mass is 672 g/mol. The van der Waals surface area contributed by atoms with Crippen LogP contribution in [-0.2, 0) is 22.6 Å². The molecule has 0 saturated carbocycles. The highest BCUT2D eigenvalue weighted by Gasteiger charge is 2.26. The number of amides is 1. The number of aliphatic hydroxyl groups is 1. The third-order valence-electron chi connectivity index (χ3n) is 8.12. The fourth-order valence-corrected chi connectivity index (χ4v) is 5.57. The number of hydrogen-bond acceptors (Lipinski definition) is 7. The first-order valence-electron chi connectivity index (χ1n) is 15.1. The standard InChI is InChI=1S/C35H28F4N6O4/c36-24-3-1-22(2-4-24)18-44-19-23(13-28-30(38)15-25(37)16-31(28)39)14-29(34(44)48)32(46)17-33(47)35(49)43-11-9-42(10-12-43)26-5-7-27(8-6-26)45-21-40-20-41-45/h1-8,14-17,19-21,46H,9-13,18H2. The molecular weight excluding hydrogens is 644 g/mol. The van der Waals surface area contributed by atoms with Crippen molar-refractivity contribution in [1.29, 1.82) is 0 Å². The molecule has 250 valence electrons. The van der Waals surface area contributed by atoms with Gasteiger partial charge in [-0.05, 0) is 53.6 Å². The summed E-state index contributed by atoms with van der Waals surface area (Å²) in [6.07, 6.45) is 4.50. The van der Waals surface area contributed by atoms with Crippen molar-refractivity contribution in [2.24, 2.45) is 0 Å². The van der Waals surface area contributed by atoms with E-state index in [2.05, 4.69) is 15.0 Å². The quantitative estimate of drug-likeness (QED) is 0.107. The van der Waals surface area contributed by atoms with E-state index in [1.807, 2.05) is 24.3 Å². The fraction of sp³-hybridized carbons (Fsp3) is 0.171. The van der Waals surface area contributed by atoms with Gasteiger partial charge in [-0.3, -0.25) is 14.4 Å². The van der Waals surface area contributed by atoms with Crippen molar-refractivity contribution in [2.75, 3.05) is 31.1 Å². The van der Waals surface area contributed by atoms with E-state index in [1.54, 1.807) is 11.0 Å². The molecule has 0 atom stereocenters. The van der Waals surface area contributed by atoms with Gasteiger partial charge in [-0.15, -0.1) is 0 Å². The number of aliphatic hydroxyl groups excluding tert-OH is 1. The number of halogens is 4. The maximum atomic E-state index is 14.5. The number of aromatic nitrogens is 4. The average Bonchev–Trinajstić information content (AvgIpc) is 3.64. The van der Waals surface area contributed by atoms with Crippen LogP contribution in [0.2, 0.25) is 0 Å². The Hall–Kier alpha value is -6.05. The number of hydrogen-bond donors (Lipinski definition) is 1. The van der Waals surface area contributed by atoms with E-state index in [9.17, 15) is 37.1 Å². The number of carbonyl (C=O) groups is 2. The predicted octanol–water partition coefficient (Wildman–Crippen LogP) is 4.44. The fourth-order valence-electron chi connectivity index (χ4n) is 5.57. The first-order chi connectivity index (χ1) is 23.5. The summed E-state index contributed by atoms with van der Waals surface area (Å²) in [7, 11) is 0. The zero-order valence-electron chi connectivity index (χ0n) is 25.8. The van der Waals surface area contributed by atoms with Gasteiger partial charge in [0.05, 0.1) is 17.8 Å². The zero-order chi connectivity index (χ0) is 34.7. The molecule has 49 heavy (non-hydrogen) atoms. The smallest absolute Gasteiger partial charge is 0.294 e. The first kappa shape index (κ1) is 32.9. The molecule has 6 rings (SSSR count). The van der Waals surface area contributed by atoms with Gasteiger partial charge in [0, 0.05) is 68.3 Å². The molecule has 2 aromatic heterocycles. The number of pyridine rings is 1. The van der Waals surface area contributed by atoms with E-state index in [0.29, 0.717) is 36.9 Å². The second kappa shape index (κ2) is 14.0. The molecule has 1 aliphatic rings. The number of ketones is 1. The highest BCUT2D eigenvalue weighted by Crippen LogP contribution is 2.22. The summed E-state index contributed by atoms with van der Waals surface area (Å²) in [5.74, 6) is -6.71. The lowest BCUT2D eigenvalue weighted by molar-refractivity contribution is -0.142. The molecule has 14 heteroatoms. The summed E-state index contributed by atoms with van der Waals surface area (Å²) in [4.78, 5) is 46.9. The molecule has 0 spiro atoms. The molecule has 10 nitrogen and oxygen atoms in total. The van der Waals surface area contributed by atoms with E-state index in [-0.39, 0.29) is 25.2 Å². The van der Waals surface area contributed by atoms with Crippen molar-refractivity contribution >= 4 is 23.1 Å². The Kier molecular flexibility index (Phi) is 9.38. The average molecular weight is 673 g/mol. The van der Waals surface area contributed by atoms with E-state index in [0.717, 1.165) is 22.0 Å². The first-order valence-corrected chi connectivity index (χ1v) is 15.1. The van der Waals surface area contributed by atoms with Crippen molar-refractivity contribution in [2.45, 2.75) is 13.0 Å². The van der Waals surface area contributed by atoms with Crippen LogP contribution >= 0.6 is 0 Å².